The fourth-order valence-corrected chi connectivity index (χ4v) is 4.03. The molecular weight excluding hydrogens is 358 g/mol. The predicted molar refractivity (Wildman–Crippen MR) is 104 cm³/mol. The molecule has 0 spiro atoms. The molecule has 1 aromatic carbocycles. The highest BCUT2D eigenvalue weighted by molar-refractivity contribution is 5.79. The van der Waals surface area contributed by atoms with Crippen LogP contribution >= 0.6 is 0 Å². The van der Waals surface area contributed by atoms with E-state index in [0.717, 1.165) is 11.3 Å². The van der Waals surface area contributed by atoms with Gasteiger partial charge in [-0.2, -0.15) is 5.26 Å². The normalized spacial score (nSPS) is 22.5. The zero-order valence-electron chi connectivity index (χ0n) is 15.2. The Kier molecular flexibility index (Phi) is 4.32. The number of hydrogen-bond donors (Lipinski definition) is 4. The van der Waals surface area contributed by atoms with Gasteiger partial charge in [0.05, 0.1) is 40.7 Å². The van der Waals surface area contributed by atoms with Crippen LogP contribution in [-0.4, -0.2) is 45.5 Å². The number of nitrogens with zero attached hydrogens (tertiary/aromatic N) is 3. The van der Waals surface area contributed by atoms with Crippen molar-refractivity contribution < 1.29 is 15.0 Å². The summed E-state index contributed by atoms with van der Waals surface area (Å²) in [6.45, 7) is 0.422. The van der Waals surface area contributed by atoms with Crippen LogP contribution in [0.2, 0.25) is 0 Å². The smallest absolute Gasteiger partial charge is 0.404 e. The highest BCUT2D eigenvalue weighted by atomic mass is 16.4. The number of nitriles is 1. The molecule has 2 fully saturated rings. The number of benzene rings is 1. The van der Waals surface area contributed by atoms with Gasteiger partial charge in [0.15, 0.2) is 0 Å². The fourth-order valence-electron chi connectivity index (χ4n) is 4.03. The van der Waals surface area contributed by atoms with Crippen molar-refractivity contribution in [1.82, 2.24) is 10.3 Å². The lowest BCUT2D eigenvalue weighted by Crippen LogP contribution is -2.41. The first-order valence-corrected chi connectivity index (χ1v) is 9.14. The number of nitrogen functional groups attached to an aromatic ring is 1. The minimum absolute atomic E-state index is 0.216. The molecule has 28 heavy (non-hydrogen) atoms. The van der Waals surface area contributed by atoms with E-state index in [9.17, 15) is 15.2 Å². The van der Waals surface area contributed by atoms with E-state index < -0.39 is 11.7 Å². The van der Waals surface area contributed by atoms with Crippen LogP contribution < -0.4 is 16.0 Å². The Bertz CT molecular complexity index is 967. The molecule has 1 saturated heterocycles. The van der Waals surface area contributed by atoms with E-state index in [1.807, 2.05) is 17.0 Å². The van der Waals surface area contributed by atoms with E-state index in [2.05, 4.69) is 16.4 Å². The number of carbonyl (C=O) groups is 1. The number of carboxylic acid groups (broad SMARTS) is 1. The first-order chi connectivity index (χ1) is 13.4. The molecule has 0 radical (unpaired) electrons. The molecule has 8 nitrogen and oxygen atoms in total. The Labute approximate surface area is 162 Å². The zero-order valence-corrected chi connectivity index (χ0v) is 15.2. The van der Waals surface area contributed by atoms with Crippen LogP contribution in [0.15, 0.2) is 36.7 Å². The summed E-state index contributed by atoms with van der Waals surface area (Å²) in [6.07, 6.45) is 4.02. The van der Waals surface area contributed by atoms with Crippen molar-refractivity contribution in [1.29, 1.82) is 5.26 Å². The van der Waals surface area contributed by atoms with Crippen molar-refractivity contribution in [2.45, 2.75) is 36.9 Å². The second kappa shape index (κ2) is 6.69. The van der Waals surface area contributed by atoms with Crippen molar-refractivity contribution >= 4 is 17.5 Å². The van der Waals surface area contributed by atoms with Gasteiger partial charge in [0.2, 0.25) is 0 Å². The maximum atomic E-state index is 11.1. The van der Waals surface area contributed by atoms with Gasteiger partial charge in [0.1, 0.15) is 0 Å². The van der Waals surface area contributed by atoms with Crippen molar-refractivity contribution in [2.24, 2.45) is 0 Å². The van der Waals surface area contributed by atoms with Gasteiger partial charge < -0.3 is 26.2 Å². The Balaban J connectivity index is 1.73. The van der Waals surface area contributed by atoms with E-state index in [4.69, 9.17) is 10.8 Å². The van der Waals surface area contributed by atoms with E-state index in [1.165, 1.54) is 0 Å². The topological polar surface area (TPSA) is 136 Å². The lowest BCUT2D eigenvalue weighted by Gasteiger charge is -2.31. The number of aromatic nitrogens is 1. The van der Waals surface area contributed by atoms with Crippen molar-refractivity contribution in [3.05, 3.63) is 42.2 Å². The standard InChI is InChI=1S/C20H21N5O3/c21-9-13-3-6-23-10-15(13)12-1-2-16(22)17(7-12)25-11-14(24-19(26)27)8-18(25)20(28)4-5-20/h1-3,6-7,10,14,18,24,28H,4-5,8,11,22H2,(H,26,27)/t14-,18-/m0/s1. The molecule has 0 bridgehead atoms. The number of nitrogens with one attached hydrogen (secondary N) is 1. The van der Waals surface area contributed by atoms with Gasteiger partial charge in [0.25, 0.3) is 0 Å². The minimum atomic E-state index is -1.08. The molecule has 1 amide bonds. The van der Waals surface area contributed by atoms with Gasteiger partial charge in [-0.05, 0) is 43.0 Å². The van der Waals surface area contributed by atoms with Gasteiger partial charge in [0, 0.05) is 24.5 Å². The highest BCUT2D eigenvalue weighted by Crippen LogP contribution is 2.47. The van der Waals surface area contributed by atoms with Crippen LogP contribution in [0.25, 0.3) is 11.1 Å². The van der Waals surface area contributed by atoms with Gasteiger partial charge in [-0.25, -0.2) is 4.79 Å². The number of rotatable bonds is 4. The van der Waals surface area contributed by atoms with Crippen LogP contribution in [0, 0.1) is 11.3 Å². The zero-order chi connectivity index (χ0) is 19.9. The third-order valence-electron chi connectivity index (χ3n) is 5.60. The second-order valence-corrected chi connectivity index (χ2v) is 7.46. The Morgan fingerprint density at radius 3 is 2.86 bits per heavy atom. The molecule has 0 unspecified atom stereocenters. The van der Waals surface area contributed by atoms with Crippen LogP contribution in [-0.2, 0) is 0 Å². The van der Waals surface area contributed by atoms with Crippen LogP contribution in [0.4, 0.5) is 16.2 Å². The SMILES string of the molecule is N#Cc1ccncc1-c1ccc(N)c(N2C[C@@H](NC(=O)O)C[C@H]2C2(O)CC2)c1. The van der Waals surface area contributed by atoms with Crippen molar-refractivity contribution in [3.63, 3.8) is 0 Å². The van der Waals surface area contributed by atoms with Gasteiger partial charge in [-0.15, -0.1) is 0 Å². The average Bonchev–Trinajstić information content (AvgIpc) is 3.28. The summed E-state index contributed by atoms with van der Waals surface area (Å²) in [4.78, 5) is 17.2. The Morgan fingerprint density at radius 2 is 2.18 bits per heavy atom. The largest absolute Gasteiger partial charge is 0.465 e. The average molecular weight is 379 g/mol. The molecule has 1 aliphatic heterocycles. The van der Waals surface area contributed by atoms with E-state index in [1.54, 1.807) is 24.5 Å². The van der Waals surface area contributed by atoms with Crippen molar-refractivity contribution in [2.75, 3.05) is 17.2 Å². The maximum Gasteiger partial charge on any atom is 0.404 e. The fraction of sp³-hybridized carbons (Fsp3) is 0.350. The molecule has 8 heteroatoms. The number of amides is 1. The van der Waals surface area contributed by atoms with Gasteiger partial charge >= 0.3 is 6.09 Å². The number of pyridine rings is 1. The third kappa shape index (κ3) is 3.21. The summed E-state index contributed by atoms with van der Waals surface area (Å²) in [5.41, 5.74) is 8.71. The number of nitrogens with two attached hydrogens (primary N) is 1. The number of hydrogen-bond acceptors (Lipinski definition) is 6. The first kappa shape index (κ1) is 18.1. The molecule has 1 saturated carbocycles. The summed E-state index contributed by atoms with van der Waals surface area (Å²) in [6, 6.07) is 8.81. The molecule has 2 aromatic rings. The van der Waals surface area contributed by atoms with Crippen LogP contribution in [0.1, 0.15) is 24.8 Å². The maximum absolute atomic E-state index is 11.1. The molecular formula is C20H21N5O3. The number of anilines is 2. The lowest BCUT2D eigenvalue weighted by molar-refractivity contribution is 0.119. The highest BCUT2D eigenvalue weighted by Gasteiger charge is 2.54. The molecule has 1 aliphatic carbocycles. The first-order valence-electron chi connectivity index (χ1n) is 9.14. The van der Waals surface area contributed by atoms with E-state index >= 15 is 0 Å². The molecule has 4 rings (SSSR count). The molecule has 2 atom stereocenters. The van der Waals surface area contributed by atoms with Gasteiger partial charge in [-0.3, -0.25) is 4.98 Å². The lowest BCUT2D eigenvalue weighted by atomic mass is 10.00. The van der Waals surface area contributed by atoms with Crippen LogP contribution in [0.3, 0.4) is 0 Å². The summed E-state index contributed by atoms with van der Waals surface area (Å²) < 4.78 is 0. The van der Waals surface area contributed by atoms with Crippen molar-refractivity contribution in [3.8, 4) is 17.2 Å². The summed E-state index contributed by atoms with van der Waals surface area (Å²) in [5, 5.41) is 31.8. The molecule has 144 valence electrons. The summed E-state index contributed by atoms with van der Waals surface area (Å²) >= 11 is 0. The Hall–Kier alpha value is -3.31. The minimum Gasteiger partial charge on any atom is -0.465 e. The quantitative estimate of drug-likeness (QED) is 0.596. The van der Waals surface area contributed by atoms with E-state index in [0.29, 0.717) is 42.6 Å². The van der Waals surface area contributed by atoms with E-state index in [-0.39, 0.29) is 12.1 Å². The molecule has 2 heterocycles. The molecule has 2 aliphatic rings. The summed E-state index contributed by atoms with van der Waals surface area (Å²) in [5.74, 6) is 0. The summed E-state index contributed by atoms with van der Waals surface area (Å²) in [7, 11) is 0. The second-order valence-electron chi connectivity index (χ2n) is 7.46. The third-order valence-corrected chi connectivity index (χ3v) is 5.60. The number of aliphatic hydroxyl groups is 1. The molecule has 5 N–H and O–H groups in total. The molecule has 1 aromatic heterocycles. The Morgan fingerprint density at radius 1 is 1.39 bits per heavy atom. The predicted octanol–water partition coefficient (Wildman–Crippen LogP) is 1.94. The van der Waals surface area contributed by atoms with Crippen LogP contribution in [0.5, 0.6) is 0 Å². The monoisotopic (exact) mass is 379 g/mol. The van der Waals surface area contributed by atoms with Gasteiger partial charge in [-0.1, -0.05) is 6.07 Å².